The molecule has 3 rings (SSSR count). The van der Waals surface area contributed by atoms with Crippen molar-refractivity contribution < 1.29 is 14.6 Å². The smallest absolute Gasteiger partial charge is 0.255 e. The molecule has 0 aliphatic carbocycles. The number of ether oxygens (including phenoxy) is 1. The van der Waals surface area contributed by atoms with Gasteiger partial charge in [-0.25, -0.2) is 0 Å². The lowest BCUT2D eigenvalue weighted by Gasteiger charge is -2.29. The van der Waals surface area contributed by atoms with E-state index in [0.29, 0.717) is 18.7 Å². The van der Waals surface area contributed by atoms with Crippen LogP contribution < -0.4 is 0 Å². The average Bonchev–Trinajstić information content (AvgIpc) is 2.94. The second kappa shape index (κ2) is 6.26. The second-order valence-corrected chi connectivity index (χ2v) is 6.10. The number of hydrogen-bond donors (Lipinski definition) is 1. The van der Waals surface area contributed by atoms with Gasteiger partial charge in [-0.3, -0.25) is 9.78 Å². The van der Waals surface area contributed by atoms with E-state index in [1.54, 1.807) is 4.90 Å². The molecule has 5 heteroatoms. The Kier molecular flexibility index (Phi) is 4.33. The van der Waals surface area contributed by atoms with Crippen molar-refractivity contribution in [3.8, 4) is 0 Å². The molecule has 1 fully saturated rings. The summed E-state index contributed by atoms with van der Waals surface area (Å²) in [4.78, 5) is 19.3. The summed E-state index contributed by atoms with van der Waals surface area (Å²) in [6, 6.07) is 7.47. The first-order valence-electron chi connectivity index (χ1n) is 7.96. The Morgan fingerprint density at radius 3 is 2.78 bits per heavy atom. The van der Waals surface area contributed by atoms with Gasteiger partial charge >= 0.3 is 0 Å². The Balaban J connectivity index is 2.07. The van der Waals surface area contributed by atoms with Crippen molar-refractivity contribution in [2.45, 2.75) is 32.9 Å². The van der Waals surface area contributed by atoms with Gasteiger partial charge in [0.1, 0.15) is 0 Å². The monoisotopic (exact) mass is 314 g/mol. The van der Waals surface area contributed by atoms with Gasteiger partial charge in [-0.2, -0.15) is 0 Å². The standard InChI is InChI=1S/C18H22N2O3/c1-4-20(16-9-23-10-17(16)21)18(22)14-8-12(3)19-15-6-5-11(2)7-13(14)15/h5-8,16-17,21H,4,9-10H2,1-3H3/t16-,17-/m0/s1. The van der Waals surface area contributed by atoms with Gasteiger partial charge in [0.05, 0.1) is 36.4 Å². The lowest BCUT2D eigenvalue weighted by Crippen LogP contribution is -2.46. The zero-order valence-corrected chi connectivity index (χ0v) is 13.7. The van der Waals surface area contributed by atoms with E-state index in [-0.39, 0.29) is 18.6 Å². The van der Waals surface area contributed by atoms with Gasteiger partial charge in [0, 0.05) is 17.6 Å². The number of fused-ring (bicyclic) bond motifs is 1. The predicted molar refractivity (Wildman–Crippen MR) is 88.5 cm³/mol. The summed E-state index contributed by atoms with van der Waals surface area (Å²) >= 11 is 0. The molecule has 0 bridgehead atoms. The zero-order chi connectivity index (χ0) is 16.6. The number of hydrogen-bond acceptors (Lipinski definition) is 4. The first-order chi connectivity index (χ1) is 11.0. The quantitative estimate of drug-likeness (QED) is 0.942. The largest absolute Gasteiger partial charge is 0.388 e. The van der Waals surface area contributed by atoms with E-state index in [9.17, 15) is 9.90 Å². The summed E-state index contributed by atoms with van der Waals surface area (Å²) in [6.07, 6.45) is -0.630. The van der Waals surface area contributed by atoms with Crippen LogP contribution in [-0.4, -0.2) is 52.8 Å². The van der Waals surface area contributed by atoms with E-state index in [0.717, 1.165) is 22.2 Å². The fraction of sp³-hybridized carbons (Fsp3) is 0.444. The van der Waals surface area contributed by atoms with Crippen LogP contribution in [0, 0.1) is 13.8 Å². The minimum Gasteiger partial charge on any atom is -0.388 e. The van der Waals surface area contributed by atoms with Crippen LogP contribution in [0.15, 0.2) is 24.3 Å². The molecule has 5 nitrogen and oxygen atoms in total. The highest BCUT2D eigenvalue weighted by Gasteiger charge is 2.34. The number of carbonyl (C=O) groups excluding carboxylic acids is 1. The van der Waals surface area contributed by atoms with Crippen molar-refractivity contribution in [3.05, 3.63) is 41.1 Å². The maximum absolute atomic E-state index is 13.1. The number of carbonyl (C=O) groups is 1. The first-order valence-corrected chi connectivity index (χ1v) is 7.96. The highest BCUT2D eigenvalue weighted by Crippen LogP contribution is 2.24. The average molecular weight is 314 g/mol. The number of nitrogens with zero attached hydrogens (tertiary/aromatic N) is 2. The van der Waals surface area contributed by atoms with Crippen LogP contribution in [0.5, 0.6) is 0 Å². The Hall–Kier alpha value is -1.98. The van der Waals surface area contributed by atoms with Gasteiger partial charge in [0.2, 0.25) is 0 Å². The van der Waals surface area contributed by atoms with E-state index in [4.69, 9.17) is 4.74 Å². The number of amides is 1. The number of likely N-dealkylation sites (N-methyl/N-ethyl adjacent to an activating group) is 1. The van der Waals surface area contributed by atoms with Crippen LogP contribution in [0.25, 0.3) is 10.9 Å². The van der Waals surface area contributed by atoms with Gasteiger partial charge in [0.25, 0.3) is 5.91 Å². The molecule has 0 spiro atoms. The third-order valence-corrected chi connectivity index (χ3v) is 4.35. The van der Waals surface area contributed by atoms with Crippen LogP contribution in [0.3, 0.4) is 0 Å². The van der Waals surface area contributed by atoms with Crippen LogP contribution in [0.4, 0.5) is 0 Å². The number of benzene rings is 1. The van der Waals surface area contributed by atoms with Gasteiger partial charge in [-0.05, 0) is 39.0 Å². The third kappa shape index (κ3) is 2.94. The van der Waals surface area contributed by atoms with Crippen molar-refractivity contribution in [2.75, 3.05) is 19.8 Å². The highest BCUT2D eigenvalue weighted by molar-refractivity contribution is 6.06. The first kappa shape index (κ1) is 15.9. The van der Waals surface area contributed by atoms with Gasteiger partial charge in [-0.15, -0.1) is 0 Å². The maximum atomic E-state index is 13.1. The van der Waals surface area contributed by atoms with Crippen molar-refractivity contribution in [1.29, 1.82) is 0 Å². The number of aliphatic hydroxyl groups is 1. The van der Waals surface area contributed by atoms with Crippen molar-refractivity contribution in [1.82, 2.24) is 9.88 Å². The predicted octanol–water partition coefficient (Wildman–Crippen LogP) is 2.07. The van der Waals surface area contributed by atoms with Crippen molar-refractivity contribution >= 4 is 16.8 Å². The van der Waals surface area contributed by atoms with Crippen molar-refractivity contribution in [3.63, 3.8) is 0 Å². The van der Waals surface area contributed by atoms with Crippen molar-refractivity contribution in [2.24, 2.45) is 0 Å². The second-order valence-electron chi connectivity index (χ2n) is 6.10. The summed E-state index contributed by atoms with van der Waals surface area (Å²) in [7, 11) is 0. The van der Waals surface area contributed by atoms with Crippen LogP contribution in [0.1, 0.15) is 28.5 Å². The normalized spacial score (nSPS) is 20.9. The van der Waals surface area contributed by atoms with Gasteiger partial charge in [-0.1, -0.05) is 11.6 Å². The topological polar surface area (TPSA) is 62.7 Å². The number of pyridine rings is 1. The molecule has 23 heavy (non-hydrogen) atoms. The Labute approximate surface area is 135 Å². The molecule has 2 heterocycles. The Morgan fingerprint density at radius 2 is 2.13 bits per heavy atom. The minimum absolute atomic E-state index is 0.0804. The summed E-state index contributed by atoms with van der Waals surface area (Å²) in [5, 5.41) is 10.9. The van der Waals surface area contributed by atoms with Crippen LogP contribution in [0.2, 0.25) is 0 Å². The zero-order valence-electron chi connectivity index (χ0n) is 13.7. The Bertz CT molecular complexity index is 744. The van der Waals surface area contributed by atoms with E-state index in [1.807, 2.05) is 45.0 Å². The Morgan fingerprint density at radius 1 is 1.35 bits per heavy atom. The number of aliphatic hydroxyl groups excluding tert-OH is 1. The SMILES string of the molecule is CCN(C(=O)c1cc(C)nc2ccc(C)cc12)[C@H]1COC[C@@H]1O. The summed E-state index contributed by atoms with van der Waals surface area (Å²) in [6.45, 7) is 6.99. The molecule has 1 aromatic heterocycles. The molecule has 2 aromatic rings. The lowest BCUT2D eigenvalue weighted by atomic mass is 10.0. The molecular formula is C18H22N2O3. The molecule has 1 N–H and O–H groups in total. The number of rotatable bonds is 3. The van der Waals surface area contributed by atoms with Crippen LogP contribution >= 0.6 is 0 Å². The molecule has 122 valence electrons. The molecule has 0 unspecified atom stereocenters. The van der Waals surface area contributed by atoms with E-state index in [1.165, 1.54) is 0 Å². The maximum Gasteiger partial charge on any atom is 0.255 e. The van der Waals surface area contributed by atoms with Gasteiger partial charge < -0.3 is 14.7 Å². The molecule has 1 aliphatic heterocycles. The van der Waals surface area contributed by atoms with E-state index < -0.39 is 6.10 Å². The summed E-state index contributed by atoms with van der Waals surface area (Å²) in [5.74, 6) is -0.0804. The molecular weight excluding hydrogens is 292 g/mol. The van der Waals surface area contributed by atoms with E-state index >= 15 is 0 Å². The third-order valence-electron chi connectivity index (χ3n) is 4.35. The molecule has 2 atom stereocenters. The van der Waals surface area contributed by atoms with E-state index in [2.05, 4.69) is 4.98 Å². The molecule has 0 radical (unpaired) electrons. The fourth-order valence-corrected chi connectivity index (χ4v) is 3.16. The molecule has 1 saturated heterocycles. The molecule has 1 aromatic carbocycles. The summed E-state index contributed by atoms with van der Waals surface area (Å²) < 4.78 is 5.31. The summed E-state index contributed by atoms with van der Waals surface area (Å²) in [5.41, 5.74) is 3.35. The minimum atomic E-state index is -0.630. The fourth-order valence-electron chi connectivity index (χ4n) is 3.16. The number of aryl methyl sites for hydroxylation is 2. The number of aromatic nitrogens is 1. The molecule has 1 aliphatic rings. The highest BCUT2D eigenvalue weighted by atomic mass is 16.5. The molecule has 1 amide bonds. The lowest BCUT2D eigenvalue weighted by molar-refractivity contribution is 0.0522. The van der Waals surface area contributed by atoms with Gasteiger partial charge in [0.15, 0.2) is 0 Å². The van der Waals surface area contributed by atoms with Crippen LogP contribution in [-0.2, 0) is 4.74 Å². The molecule has 0 saturated carbocycles.